The number of para-hydroxylation sites is 1. The van der Waals surface area contributed by atoms with Crippen LogP contribution in [0.1, 0.15) is 22.6 Å². The molecule has 1 aliphatic heterocycles. The molecule has 0 radical (unpaired) electrons. The molecule has 4 aromatic rings. The molecule has 0 amide bonds. The summed E-state index contributed by atoms with van der Waals surface area (Å²) in [5, 5.41) is 15.5. The first kappa shape index (κ1) is 23.9. The third-order valence-electron chi connectivity index (χ3n) is 5.70. The van der Waals surface area contributed by atoms with Crippen molar-refractivity contribution in [3.8, 4) is 17.1 Å². The first-order valence-electron chi connectivity index (χ1n) is 11.3. The molecule has 0 unspecified atom stereocenters. The summed E-state index contributed by atoms with van der Waals surface area (Å²) in [5.41, 5.74) is 4.39. The van der Waals surface area contributed by atoms with Gasteiger partial charge in [-0.15, -0.1) is 15.2 Å². The molecule has 37 heavy (non-hydrogen) atoms. The number of fused-ring (bicyclic) bond motifs is 1. The number of ether oxygens (including phenoxy) is 1. The molecule has 0 fully saturated rings. The average molecular weight is 502 g/mol. The Morgan fingerprint density at radius 1 is 1.16 bits per heavy atom. The second kappa shape index (κ2) is 9.69. The monoisotopic (exact) mass is 501 g/mol. The summed E-state index contributed by atoms with van der Waals surface area (Å²) in [6.07, 6.45) is -2.42. The quantitative estimate of drug-likeness (QED) is 0.364. The molecule has 1 N–H and O–H groups in total. The summed E-state index contributed by atoms with van der Waals surface area (Å²) in [6.45, 7) is 9.17. The Kier molecular flexibility index (Phi) is 6.27. The molecule has 186 valence electrons. The third-order valence-corrected chi connectivity index (χ3v) is 5.70. The molecule has 1 aromatic carbocycles. The molecule has 1 aliphatic rings. The van der Waals surface area contributed by atoms with Crippen molar-refractivity contribution < 1.29 is 13.5 Å². The smallest absolute Gasteiger partial charge is 0.277 e. The van der Waals surface area contributed by atoms with Gasteiger partial charge in [0.2, 0.25) is 5.82 Å². The molecule has 0 saturated carbocycles. The molecule has 3 aromatic heterocycles. The Labute approximate surface area is 210 Å². The van der Waals surface area contributed by atoms with Gasteiger partial charge in [-0.05, 0) is 42.5 Å². The van der Waals surface area contributed by atoms with Crippen molar-refractivity contribution in [1.29, 1.82) is 0 Å². The number of aryl methyl sites for hydroxylation is 2. The molecule has 0 atom stereocenters. The maximum Gasteiger partial charge on any atom is 0.277 e. The van der Waals surface area contributed by atoms with E-state index in [0.29, 0.717) is 57.7 Å². The normalized spacial score (nSPS) is 12.3. The topological polar surface area (TPSA) is 107 Å². The van der Waals surface area contributed by atoms with Crippen molar-refractivity contribution in [3.05, 3.63) is 70.5 Å². The van der Waals surface area contributed by atoms with Gasteiger partial charge in [-0.2, -0.15) is 4.80 Å². The molecular formula is C25H21F2N9O. The number of aromatic nitrogens is 6. The Bertz CT molecular complexity index is 1570. The van der Waals surface area contributed by atoms with Crippen molar-refractivity contribution in [3.63, 3.8) is 0 Å². The second-order valence-corrected chi connectivity index (χ2v) is 8.43. The fourth-order valence-corrected chi connectivity index (χ4v) is 4.19. The van der Waals surface area contributed by atoms with Crippen LogP contribution in [0.4, 0.5) is 31.7 Å². The van der Waals surface area contributed by atoms with Crippen LogP contribution >= 0.6 is 0 Å². The molecule has 4 heterocycles. The Morgan fingerprint density at radius 2 is 1.97 bits per heavy atom. The number of nitrogens with zero attached hydrogens (tertiary/aromatic N) is 8. The van der Waals surface area contributed by atoms with E-state index in [1.54, 1.807) is 37.4 Å². The predicted octanol–water partition coefficient (Wildman–Crippen LogP) is 4.76. The van der Waals surface area contributed by atoms with Crippen LogP contribution in [0.25, 0.3) is 16.2 Å². The van der Waals surface area contributed by atoms with Crippen LogP contribution in [0.5, 0.6) is 5.75 Å². The minimum atomic E-state index is -2.69. The van der Waals surface area contributed by atoms with Crippen LogP contribution in [0.3, 0.4) is 0 Å². The first-order chi connectivity index (χ1) is 17.8. The largest absolute Gasteiger partial charge is 0.494 e. The van der Waals surface area contributed by atoms with Gasteiger partial charge in [-0.1, -0.05) is 18.2 Å². The Morgan fingerprint density at radius 3 is 2.68 bits per heavy atom. The summed E-state index contributed by atoms with van der Waals surface area (Å²) >= 11 is 0. The van der Waals surface area contributed by atoms with Crippen LogP contribution in [0, 0.1) is 13.5 Å². The van der Waals surface area contributed by atoms with E-state index < -0.39 is 6.43 Å². The minimum Gasteiger partial charge on any atom is -0.494 e. The van der Waals surface area contributed by atoms with Gasteiger partial charge >= 0.3 is 0 Å². The number of alkyl halides is 2. The van der Waals surface area contributed by atoms with Gasteiger partial charge in [0.15, 0.2) is 5.75 Å². The lowest BCUT2D eigenvalue weighted by Gasteiger charge is -2.16. The standard InChI is InChI=1S/C25H21F2N9O/c1-13-8-14(30-21(9-13)28-2)10-15-11-18(22-19(29-15)12-20(32-22)24(26)27)31-17-7-5-6-16(23(17)37-4)25-33-35-36(3)34-25/h5-9,11,24H,10,12H2,1,3-4H3,(H,29,31). The number of aliphatic imine (C=N–C) groups is 1. The summed E-state index contributed by atoms with van der Waals surface area (Å²) < 4.78 is 32.7. The number of pyridine rings is 2. The lowest BCUT2D eigenvalue weighted by Crippen LogP contribution is -2.10. The first-order valence-corrected chi connectivity index (χ1v) is 11.3. The number of anilines is 2. The Balaban J connectivity index is 1.57. The number of methoxy groups -OCH3 is 1. The van der Waals surface area contributed by atoms with E-state index in [1.807, 2.05) is 13.0 Å². The van der Waals surface area contributed by atoms with Gasteiger partial charge in [-0.3, -0.25) is 4.98 Å². The van der Waals surface area contributed by atoms with E-state index in [-0.39, 0.29) is 18.0 Å². The zero-order chi connectivity index (χ0) is 26.1. The van der Waals surface area contributed by atoms with Gasteiger partial charge in [-0.25, -0.2) is 13.8 Å². The van der Waals surface area contributed by atoms with E-state index >= 15 is 0 Å². The summed E-state index contributed by atoms with van der Waals surface area (Å²) in [4.78, 5) is 17.9. The fourth-order valence-electron chi connectivity index (χ4n) is 4.19. The number of tetrazole rings is 1. The average Bonchev–Trinajstić information content (AvgIpc) is 3.50. The molecule has 5 rings (SSSR count). The lowest BCUT2D eigenvalue weighted by molar-refractivity contribution is 0.224. The van der Waals surface area contributed by atoms with Gasteiger partial charge in [0.05, 0.1) is 54.6 Å². The molecule has 0 saturated heterocycles. The van der Waals surface area contributed by atoms with Gasteiger partial charge < -0.3 is 14.9 Å². The van der Waals surface area contributed by atoms with Crippen LogP contribution in [-0.2, 0) is 19.9 Å². The molecule has 0 aliphatic carbocycles. The van der Waals surface area contributed by atoms with Gasteiger partial charge in [0.1, 0.15) is 11.4 Å². The van der Waals surface area contributed by atoms with Crippen LogP contribution in [0.15, 0.2) is 41.4 Å². The highest BCUT2D eigenvalue weighted by Gasteiger charge is 2.27. The van der Waals surface area contributed by atoms with E-state index in [2.05, 4.69) is 40.5 Å². The Hall–Kier alpha value is -4.79. The molecule has 12 heteroatoms. The third kappa shape index (κ3) is 4.84. The van der Waals surface area contributed by atoms with Crippen molar-refractivity contribution in [2.45, 2.75) is 26.2 Å². The van der Waals surface area contributed by atoms with Crippen molar-refractivity contribution >= 4 is 28.6 Å². The van der Waals surface area contributed by atoms with Crippen molar-refractivity contribution in [1.82, 2.24) is 30.2 Å². The summed E-state index contributed by atoms with van der Waals surface area (Å²) in [7, 11) is 3.18. The molecular weight excluding hydrogens is 480 g/mol. The molecule has 0 bridgehead atoms. The van der Waals surface area contributed by atoms with Crippen LogP contribution in [0.2, 0.25) is 0 Å². The maximum atomic E-state index is 13.5. The number of benzene rings is 1. The second-order valence-electron chi connectivity index (χ2n) is 8.43. The SMILES string of the molecule is [C-]#[N+]c1cc(C)cc(Cc2cc(Nc3cccc(-c4nnn(C)n4)c3OC)c3c(n2)CC(C(F)F)=N3)n1. The number of hydrogen-bond acceptors (Lipinski definition) is 8. The van der Waals surface area contributed by atoms with Crippen molar-refractivity contribution in [2.75, 3.05) is 12.4 Å². The van der Waals surface area contributed by atoms with E-state index in [4.69, 9.17) is 11.3 Å². The van der Waals surface area contributed by atoms with Crippen molar-refractivity contribution in [2.24, 2.45) is 12.0 Å². The number of rotatable bonds is 7. The minimum absolute atomic E-state index is 0.0508. The van der Waals surface area contributed by atoms with E-state index in [1.165, 1.54) is 11.9 Å². The number of nitrogens with one attached hydrogen (secondary N) is 1. The predicted molar refractivity (Wildman–Crippen MR) is 133 cm³/mol. The van der Waals surface area contributed by atoms with Gasteiger partial charge in [0, 0.05) is 6.42 Å². The highest BCUT2D eigenvalue weighted by Crippen LogP contribution is 2.41. The zero-order valence-electron chi connectivity index (χ0n) is 20.2. The van der Waals surface area contributed by atoms with Gasteiger partial charge in [0.25, 0.3) is 12.2 Å². The van der Waals surface area contributed by atoms with Crippen LogP contribution in [-0.4, -0.2) is 49.4 Å². The molecule has 10 nitrogen and oxygen atoms in total. The highest BCUT2D eigenvalue weighted by molar-refractivity contribution is 5.98. The summed E-state index contributed by atoms with van der Waals surface area (Å²) in [6, 6.07) is 10.7. The highest BCUT2D eigenvalue weighted by atomic mass is 19.3. The maximum absolute atomic E-state index is 13.5. The van der Waals surface area contributed by atoms with E-state index in [9.17, 15) is 8.78 Å². The zero-order valence-corrected chi connectivity index (χ0v) is 20.2. The lowest BCUT2D eigenvalue weighted by atomic mass is 10.1. The summed E-state index contributed by atoms with van der Waals surface area (Å²) in [5.74, 6) is 1.13. The van der Waals surface area contributed by atoms with Crippen LogP contribution < -0.4 is 10.1 Å². The number of hydrogen-bond donors (Lipinski definition) is 1. The fraction of sp³-hybridized carbons (Fsp3) is 0.240. The van der Waals surface area contributed by atoms with E-state index in [0.717, 1.165) is 5.56 Å². The number of halogens is 2. The molecule has 0 spiro atoms.